The molecule has 2 rings (SSSR count). The second kappa shape index (κ2) is 5.18. The fourth-order valence-electron chi connectivity index (χ4n) is 1.70. The molecule has 1 heterocycles. The topological polar surface area (TPSA) is 51.9 Å². The van der Waals surface area contributed by atoms with E-state index in [2.05, 4.69) is 9.97 Å². The minimum Gasteiger partial charge on any atom is -0.378 e. The normalized spacial score (nSPS) is 10.3. The molecule has 0 spiro atoms. The summed E-state index contributed by atoms with van der Waals surface area (Å²) >= 11 is 4.85. The minimum absolute atomic E-state index is 0.129. The number of aromatic nitrogens is 2. The van der Waals surface area contributed by atoms with Crippen molar-refractivity contribution in [1.29, 1.82) is 0 Å². The lowest BCUT2D eigenvalue weighted by Crippen LogP contribution is -2.13. The summed E-state index contributed by atoms with van der Waals surface area (Å²) in [4.78, 5) is 19.1. The van der Waals surface area contributed by atoms with Crippen molar-refractivity contribution >= 4 is 17.9 Å². The van der Waals surface area contributed by atoms with Crippen molar-refractivity contribution < 1.29 is 0 Å². The molecule has 5 heteroatoms. The Hall–Kier alpha value is -1.88. The van der Waals surface area contributed by atoms with E-state index in [0.29, 0.717) is 16.8 Å². The molecule has 0 atom stereocenters. The fourth-order valence-corrected chi connectivity index (χ4v) is 1.85. The molecule has 0 saturated heterocycles. The maximum atomic E-state index is 11.7. The van der Waals surface area contributed by atoms with Gasteiger partial charge in [-0.1, -0.05) is 12.1 Å². The number of nitrogens with one attached hydrogen (secondary N) is 2. The summed E-state index contributed by atoms with van der Waals surface area (Å²) in [6.07, 6.45) is 2.26. The van der Waals surface area contributed by atoms with Crippen LogP contribution in [-0.4, -0.2) is 24.1 Å². The van der Waals surface area contributed by atoms with Gasteiger partial charge >= 0.3 is 0 Å². The summed E-state index contributed by atoms with van der Waals surface area (Å²) in [5, 5.41) is 0. The molecule has 0 amide bonds. The van der Waals surface area contributed by atoms with Crippen molar-refractivity contribution in [2.75, 3.05) is 19.0 Å². The van der Waals surface area contributed by atoms with Gasteiger partial charge in [-0.25, -0.2) is 0 Å². The molecule has 0 aliphatic heterocycles. The van der Waals surface area contributed by atoms with Crippen molar-refractivity contribution in [2.45, 2.75) is 6.42 Å². The van der Waals surface area contributed by atoms with Crippen molar-refractivity contribution in [3.63, 3.8) is 0 Å². The third-order valence-corrected chi connectivity index (χ3v) is 2.96. The van der Waals surface area contributed by atoms with Crippen molar-refractivity contribution in [3.05, 3.63) is 56.7 Å². The SMILES string of the molecule is CN(C)c1ccc(Cc2c[nH]c(=S)[nH]c2=O)cc1. The number of hydrogen-bond donors (Lipinski definition) is 2. The highest BCUT2D eigenvalue weighted by molar-refractivity contribution is 7.71. The first-order valence-electron chi connectivity index (χ1n) is 5.63. The lowest BCUT2D eigenvalue weighted by molar-refractivity contribution is 1.01. The monoisotopic (exact) mass is 261 g/mol. The van der Waals surface area contributed by atoms with E-state index in [-0.39, 0.29) is 5.56 Å². The van der Waals surface area contributed by atoms with Gasteiger partial charge in [0.2, 0.25) is 0 Å². The first-order chi connectivity index (χ1) is 8.56. The quantitative estimate of drug-likeness (QED) is 0.832. The Bertz CT molecular complexity index is 640. The smallest absolute Gasteiger partial charge is 0.255 e. The first-order valence-corrected chi connectivity index (χ1v) is 6.04. The van der Waals surface area contributed by atoms with Crippen molar-refractivity contribution in [2.24, 2.45) is 0 Å². The summed E-state index contributed by atoms with van der Waals surface area (Å²) in [5.74, 6) is 0. The highest BCUT2D eigenvalue weighted by Crippen LogP contribution is 2.13. The third kappa shape index (κ3) is 2.87. The second-order valence-corrected chi connectivity index (χ2v) is 4.74. The molecule has 18 heavy (non-hydrogen) atoms. The summed E-state index contributed by atoms with van der Waals surface area (Å²) in [6.45, 7) is 0. The van der Waals surface area contributed by atoms with Crippen LogP contribution >= 0.6 is 12.2 Å². The maximum absolute atomic E-state index is 11.7. The number of aromatic amines is 2. The molecule has 0 aliphatic carbocycles. The standard InChI is InChI=1S/C13H15N3OS/c1-16(2)11-5-3-9(4-6-11)7-10-8-14-13(18)15-12(10)17/h3-6,8H,7H2,1-2H3,(H2,14,15,17,18). The van der Waals surface area contributed by atoms with E-state index in [0.717, 1.165) is 11.3 Å². The molecule has 1 aromatic carbocycles. The van der Waals surface area contributed by atoms with Gasteiger partial charge in [0, 0.05) is 38.0 Å². The van der Waals surface area contributed by atoms with Crippen LogP contribution in [0.4, 0.5) is 5.69 Å². The van der Waals surface area contributed by atoms with Gasteiger partial charge in [-0.05, 0) is 29.9 Å². The molecular formula is C13H15N3OS. The van der Waals surface area contributed by atoms with E-state index in [1.54, 1.807) is 6.20 Å². The maximum Gasteiger partial charge on any atom is 0.255 e. The van der Waals surface area contributed by atoms with Crippen LogP contribution in [0.15, 0.2) is 35.3 Å². The van der Waals surface area contributed by atoms with Gasteiger partial charge in [0.05, 0.1) is 0 Å². The molecule has 2 aromatic rings. The number of benzene rings is 1. The molecule has 0 saturated carbocycles. The molecule has 1 aromatic heterocycles. The lowest BCUT2D eigenvalue weighted by Gasteiger charge is -2.12. The Morgan fingerprint density at radius 2 is 1.89 bits per heavy atom. The predicted octanol–water partition coefficient (Wildman–Crippen LogP) is 2.09. The van der Waals surface area contributed by atoms with Crippen molar-refractivity contribution in [1.82, 2.24) is 9.97 Å². The number of anilines is 1. The largest absolute Gasteiger partial charge is 0.378 e. The highest BCUT2D eigenvalue weighted by atomic mass is 32.1. The Morgan fingerprint density at radius 3 is 2.44 bits per heavy atom. The molecule has 0 bridgehead atoms. The zero-order valence-electron chi connectivity index (χ0n) is 10.4. The Morgan fingerprint density at radius 1 is 1.22 bits per heavy atom. The number of hydrogen-bond acceptors (Lipinski definition) is 3. The zero-order valence-corrected chi connectivity index (χ0v) is 11.2. The summed E-state index contributed by atoms with van der Waals surface area (Å²) in [7, 11) is 3.99. The lowest BCUT2D eigenvalue weighted by atomic mass is 10.1. The van der Waals surface area contributed by atoms with Crippen LogP contribution in [0, 0.1) is 4.77 Å². The van der Waals surface area contributed by atoms with Gasteiger partial charge in [0.1, 0.15) is 0 Å². The average Bonchev–Trinajstić information content (AvgIpc) is 2.33. The van der Waals surface area contributed by atoms with E-state index in [1.807, 2.05) is 43.3 Å². The number of rotatable bonds is 3. The zero-order chi connectivity index (χ0) is 13.1. The average molecular weight is 261 g/mol. The van der Waals surface area contributed by atoms with E-state index in [4.69, 9.17) is 12.2 Å². The predicted molar refractivity (Wildman–Crippen MR) is 75.8 cm³/mol. The van der Waals surface area contributed by atoms with Gasteiger partial charge in [-0.3, -0.25) is 9.78 Å². The molecule has 0 aliphatic rings. The Labute approximate surface area is 110 Å². The van der Waals surface area contributed by atoms with Gasteiger partial charge < -0.3 is 9.88 Å². The molecule has 0 radical (unpaired) electrons. The van der Waals surface area contributed by atoms with Gasteiger partial charge in [-0.2, -0.15) is 0 Å². The first kappa shape index (κ1) is 12.6. The molecule has 2 N–H and O–H groups in total. The van der Waals surface area contributed by atoms with Crippen LogP contribution in [0.3, 0.4) is 0 Å². The van der Waals surface area contributed by atoms with Crippen LogP contribution in [0.2, 0.25) is 0 Å². The van der Waals surface area contributed by atoms with E-state index in [9.17, 15) is 4.79 Å². The fraction of sp³-hybridized carbons (Fsp3) is 0.231. The van der Waals surface area contributed by atoms with Gasteiger partial charge in [0.25, 0.3) is 5.56 Å². The Balaban J connectivity index is 2.23. The van der Waals surface area contributed by atoms with E-state index < -0.39 is 0 Å². The van der Waals surface area contributed by atoms with Crippen molar-refractivity contribution in [3.8, 4) is 0 Å². The Kier molecular flexibility index (Phi) is 3.62. The van der Waals surface area contributed by atoms with Crippen LogP contribution in [0.25, 0.3) is 0 Å². The molecule has 94 valence electrons. The van der Waals surface area contributed by atoms with E-state index in [1.165, 1.54) is 0 Å². The van der Waals surface area contributed by atoms with Crippen LogP contribution in [0.5, 0.6) is 0 Å². The van der Waals surface area contributed by atoms with E-state index >= 15 is 0 Å². The molecule has 4 nitrogen and oxygen atoms in total. The summed E-state index contributed by atoms with van der Waals surface area (Å²) < 4.78 is 0.353. The van der Waals surface area contributed by atoms with Gasteiger partial charge in [0.15, 0.2) is 4.77 Å². The van der Waals surface area contributed by atoms with Crippen LogP contribution in [-0.2, 0) is 6.42 Å². The summed E-state index contributed by atoms with van der Waals surface area (Å²) in [6, 6.07) is 8.12. The third-order valence-electron chi connectivity index (χ3n) is 2.74. The van der Waals surface area contributed by atoms with Crippen LogP contribution in [0.1, 0.15) is 11.1 Å². The minimum atomic E-state index is -0.129. The molecule has 0 unspecified atom stereocenters. The number of nitrogens with zero attached hydrogens (tertiary/aromatic N) is 1. The summed E-state index contributed by atoms with van der Waals surface area (Å²) in [5.41, 5.74) is 2.79. The highest BCUT2D eigenvalue weighted by Gasteiger charge is 2.02. The molecule has 0 fully saturated rings. The van der Waals surface area contributed by atoms with Gasteiger partial charge in [-0.15, -0.1) is 0 Å². The number of H-pyrrole nitrogens is 2. The second-order valence-electron chi connectivity index (χ2n) is 4.33. The van der Waals surface area contributed by atoms with Crippen LogP contribution < -0.4 is 10.5 Å². The molecular weight excluding hydrogens is 246 g/mol.